The van der Waals surface area contributed by atoms with Gasteiger partial charge in [0.15, 0.2) is 0 Å². The highest BCUT2D eigenvalue weighted by Crippen LogP contribution is 2.34. The first-order chi connectivity index (χ1) is 5.83. The Labute approximate surface area is 80.8 Å². The summed E-state index contributed by atoms with van der Waals surface area (Å²) >= 11 is 0. The summed E-state index contributed by atoms with van der Waals surface area (Å²) in [4.78, 5) is 11.1. The van der Waals surface area contributed by atoms with Crippen LogP contribution in [0.1, 0.15) is 34.6 Å². The number of hydrogen-bond acceptors (Lipinski definition) is 3. The fraction of sp³-hybridized carbons (Fsp3) is 0.889. The standard InChI is InChI=1S/C9H19NO.H4N2/c1-6(2)9(5,7(3)4)8(10)11;1-2/h6-7H,1-5H3,(H2,10,11);1-2H2. The molecule has 0 radical (unpaired) electrons. The Bertz CT molecular complexity index is 147. The molecule has 80 valence electrons. The highest BCUT2D eigenvalue weighted by Gasteiger charge is 2.37. The van der Waals surface area contributed by atoms with Gasteiger partial charge in [0, 0.05) is 0 Å². The van der Waals surface area contributed by atoms with Gasteiger partial charge in [0.2, 0.25) is 5.91 Å². The molecular weight excluding hydrogens is 166 g/mol. The second-order valence-corrected chi connectivity index (χ2v) is 3.96. The monoisotopic (exact) mass is 189 g/mol. The van der Waals surface area contributed by atoms with Gasteiger partial charge in [-0.1, -0.05) is 34.6 Å². The van der Waals surface area contributed by atoms with E-state index in [1.807, 2.05) is 34.6 Å². The minimum Gasteiger partial charge on any atom is -0.369 e. The van der Waals surface area contributed by atoms with Gasteiger partial charge < -0.3 is 5.73 Å². The van der Waals surface area contributed by atoms with Crippen LogP contribution in [0, 0.1) is 17.3 Å². The Kier molecular flexibility index (Phi) is 6.80. The lowest BCUT2D eigenvalue weighted by atomic mass is 9.70. The van der Waals surface area contributed by atoms with Crippen LogP contribution in [-0.4, -0.2) is 5.91 Å². The van der Waals surface area contributed by atoms with Crippen molar-refractivity contribution in [3.8, 4) is 0 Å². The van der Waals surface area contributed by atoms with Crippen LogP contribution in [0.15, 0.2) is 0 Å². The Morgan fingerprint density at radius 1 is 1.08 bits per heavy atom. The lowest BCUT2D eigenvalue weighted by molar-refractivity contribution is -0.131. The highest BCUT2D eigenvalue weighted by molar-refractivity contribution is 5.80. The van der Waals surface area contributed by atoms with E-state index in [1.54, 1.807) is 0 Å². The van der Waals surface area contributed by atoms with Crippen LogP contribution >= 0.6 is 0 Å². The maximum Gasteiger partial charge on any atom is 0.223 e. The van der Waals surface area contributed by atoms with E-state index in [2.05, 4.69) is 11.7 Å². The third-order valence-corrected chi connectivity index (χ3v) is 2.93. The van der Waals surface area contributed by atoms with Gasteiger partial charge >= 0.3 is 0 Å². The molecule has 0 aliphatic heterocycles. The summed E-state index contributed by atoms with van der Waals surface area (Å²) < 4.78 is 0. The molecule has 0 spiro atoms. The van der Waals surface area contributed by atoms with Gasteiger partial charge in [-0.15, -0.1) is 0 Å². The maximum absolute atomic E-state index is 11.1. The van der Waals surface area contributed by atoms with E-state index in [4.69, 9.17) is 5.73 Å². The summed E-state index contributed by atoms with van der Waals surface area (Å²) in [5.74, 6) is 8.42. The molecule has 0 rings (SSSR count). The molecule has 0 aromatic heterocycles. The minimum absolute atomic E-state index is 0.192. The van der Waals surface area contributed by atoms with E-state index < -0.39 is 0 Å². The summed E-state index contributed by atoms with van der Waals surface area (Å²) in [5.41, 5.74) is 4.97. The number of primary amides is 1. The van der Waals surface area contributed by atoms with Crippen LogP contribution in [0.4, 0.5) is 0 Å². The predicted molar refractivity (Wildman–Crippen MR) is 55.4 cm³/mol. The molecular formula is C9H23N3O. The lowest BCUT2D eigenvalue weighted by Crippen LogP contribution is -2.42. The van der Waals surface area contributed by atoms with Crippen molar-refractivity contribution >= 4 is 5.91 Å². The van der Waals surface area contributed by atoms with Crippen LogP contribution < -0.4 is 17.4 Å². The SMILES string of the molecule is CC(C)C(C)(C(N)=O)C(C)C.NN. The van der Waals surface area contributed by atoms with E-state index in [0.29, 0.717) is 11.8 Å². The molecule has 0 atom stereocenters. The smallest absolute Gasteiger partial charge is 0.223 e. The fourth-order valence-electron chi connectivity index (χ4n) is 1.24. The van der Waals surface area contributed by atoms with Gasteiger partial charge in [0.25, 0.3) is 0 Å². The molecule has 1 amide bonds. The second-order valence-electron chi connectivity index (χ2n) is 3.96. The minimum atomic E-state index is -0.361. The Hall–Kier alpha value is -0.610. The molecule has 0 aromatic carbocycles. The van der Waals surface area contributed by atoms with Gasteiger partial charge in [0.05, 0.1) is 5.41 Å². The topological polar surface area (TPSA) is 95.1 Å². The molecule has 0 unspecified atom stereocenters. The molecule has 13 heavy (non-hydrogen) atoms. The predicted octanol–water partition coefficient (Wildman–Crippen LogP) is 0.609. The Morgan fingerprint density at radius 3 is 1.31 bits per heavy atom. The average Bonchev–Trinajstić information content (AvgIpc) is 2.05. The summed E-state index contributed by atoms with van der Waals surface area (Å²) in [6.07, 6.45) is 0. The molecule has 6 N–H and O–H groups in total. The van der Waals surface area contributed by atoms with Crippen LogP contribution in [0.2, 0.25) is 0 Å². The van der Waals surface area contributed by atoms with E-state index in [0.717, 1.165) is 0 Å². The number of nitrogens with two attached hydrogens (primary N) is 3. The first-order valence-corrected chi connectivity index (χ1v) is 4.46. The summed E-state index contributed by atoms with van der Waals surface area (Å²) in [7, 11) is 0. The van der Waals surface area contributed by atoms with E-state index >= 15 is 0 Å². The molecule has 0 saturated heterocycles. The fourth-order valence-corrected chi connectivity index (χ4v) is 1.24. The van der Waals surface area contributed by atoms with Crippen molar-refractivity contribution in [2.24, 2.45) is 34.7 Å². The van der Waals surface area contributed by atoms with Crippen molar-refractivity contribution < 1.29 is 4.79 Å². The van der Waals surface area contributed by atoms with Crippen LogP contribution in [0.5, 0.6) is 0 Å². The molecule has 0 aromatic rings. The van der Waals surface area contributed by atoms with Crippen molar-refractivity contribution in [1.29, 1.82) is 0 Å². The summed E-state index contributed by atoms with van der Waals surface area (Å²) in [6, 6.07) is 0. The van der Waals surface area contributed by atoms with Gasteiger partial charge in [0.1, 0.15) is 0 Å². The normalized spacial score (nSPS) is 11.2. The zero-order valence-electron chi connectivity index (χ0n) is 9.29. The summed E-state index contributed by atoms with van der Waals surface area (Å²) in [5, 5.41) is 0. The first kappa shape index (κ1) is 14.9. The number of carbonyl (C=O) groups excluding carboxylic acids is 1. The number of rotatable bonds is 3. The number of amides is 1. The van der Waals surface area contributed by atoms with Crippen molar-refractivity contribution in [3.05, 3.63) is 0 Å². The molecule has 0 heterocycles. The van der Waals surface area contributed by atoms with Crippen LogP contribution in [-0.2, 0) is 4.79 Å². The van der Waals surface area contributed by atoms with Crippen LogP contribution in [0.25, 0.3) is 0 Å². The van der Waals surface area contributed by atoms with Crippen molar-refractivity contribution in [2.45, 2.75) is 34.6 Å². The lowest BCUT2D eigenvalue weighted by Gasteiger charge is -2.34. The Morgan fingerprint density at radius 2 is 1.31 bits per heavy atom. The summed E-state index contributed by atoms with van der Waals surface area (Å²) in [6.45, 7) is 10.1. The van der Waals surface area contributed by atoms with E-state index in [-0.39, 0.29) is 11.3 Å². The molecule has 0 aliphatic rings. The molecule has 0 bridgehead atoms. The van der Waals surface area contributed by atoms with Crippen LogP contribution in [0.3, 0.4) is 0 Å². The van der Waals surface area contributed by atoms with Gasteiger partial charge in [-0.05, 0) is 11.8 Å². The quantitative estimate of drug-likeness (QED) is 0.448. The molecule has 4 heteroatoms. The van der Waals surface area contributed by atoms with Crippen molar-refractivity contribution in [1.82, 2.24) is 0 Å². The maximum atomic E-state index is 11.1. The first-order valence-electron chi connectivity index (χ1n) is 4.46. The van der Waals surface area contributed by atoms with E-state index in [9.17, 15) is 4.79 Å². The zero-order chi connectivity index (χ0) is 11.2. The van der Waals surface area contributed by atoms with Gasteiger partial charge in [-0.2, -0.15) is 0 Å². The molecule has 0 fully saturated rings. The Balaban J connectivity index is 0. The van der Waals surface area contributed by atoms with Crippen molar-refractivity contribution in [3.63, 3.8) is 0 Å². The van der Waals surface area contributed by atoms with Crippen molar-refractivity contribution in [2.75, 3.05) is 0 Å². The van der Waals surface area contributed by atoms with Gasteiger partial charge in [-0.25, -0.2) is 0 Å². The number of hydrazine groups is 1. The average molecular weight is 189 g/mol. The van der Waals surface area contributed by atoms with E-state index in [1.165, 1.54) is 0 Å². The third-order valence-electron chi connectivity index (χ3n) is 2.93. The molecule has 0 aliphatic carbocycles. The zero-order valence-corrected chi connectivity index (χ0v) is 9.29. The second kappa shape index (κ2) is 5.94. The third kappa shape index (κ3) is 3.32. The largest absolute Gasteiger partial charge is 0.369 e. The van der Waals surface area contributed by atoms with Gasteiger partial charge in [-0.3, -0.25) is 16.5 Å². The number of hydrogen-bond donors (Lipinski definition) is 3. The highest BCUT2D eigenvalue weighted by atomic mass is 16.1. The molecule has 0 saturated carbocycles. The molecule has 4 nitrogen and oxygen atoms in total. The number of carbonyl (C=O) groups is 1.